The molecule has 2 heterocycles. The number of nitrogens with zero attached hydrogens (tertiary/aromatic N) is 3. The first-order valence-corrected chi connectivity index (χ1v) is 7.05. The van der Waals surface area contributed by atoms with E-state index in [1.54, 1.807) is 11.1 Å². The molecule has 2 aromatic rings. The Morgan fingerprint density at radius 3 is 2.90 bits per heavy atom. The Hall–Kier alpha value is -2.43. The van der Waals surface area contributed by atoms with Crippen LogP contribution in [0.5, 0.6) is 0 Å². The minimum atomic E-state index is -0.274. The monoisotopic (exact) mass is 282 g/mol. The quantitative estimate of drug-likeness (QED) is 0.940. The lowest BCUT2D eigenvalue weighted by Crippen LogP contribution is -2.35. The second-order valence-corrected chi connectivity index (χ2v) is 5.72. The summed E-state index contributed by atoms with van der Waals surface area (Å²) in [6.45, 7) is 4.78. The number of fused-ring (bicyclic) bond motifs is 1. The number of carbonyl (C=O) groups excluding carboxylic acids is 1. The summed E-state index contributed by atoms with van der Waals surface area (Å²) in [7, 11) is 0. The van der Waals surface area contributed by atoms with Crippen molar-refractivity contribution in [2.75, 3.05) is 6.54 Å². The Morgan fingerprint density at radius 1 is 1.33 bits per heavy atom. The molecule has 21 heavy (non-hydrogen) atoms. The number of carbonyl (C=O) groups is 1. The number of aromatic nitrogens is 1. The van der Waals surface area contributed by atoms with Crippen molar-refractivity contribution >= 4 is 22.8 Å². The van der Waals surface area contributed by atoms with E-state index in [0.717, 1.165) is 16.5 Å². The van der Waals surface area contributed by atoms with Gasteiger partial charge in [-0.15, -0.1) is 0 Å². The molecule has 1 atom stereocenters. The maximum absolute atomic E-state index is 12.0. The summed E-state index contributed by atoms with van der Waals surface area (Å²) in [6, 6.07) is 9.32. The molecule has 0 saturated heterocycles. The van der Waals surface area contributed by atoms with Crippen LogP contribution < -0.4 is 5.73 Å². The smallest absolute Gasteiger partial charge is 0.346 e. The van der Waals surface area contributed by atoms with Crippen LogP contribution in [0, 0.1) is 5.92 Å². The first-order valence-electron chi connectivity index (χ1n) is 7.05. The van der Waals surface area contributed by atoms with Crippen LogP contribution in [0.2, 0.25) is 0 Å². The lowest BCUT2D eigenvalue weighted by Gasteiger charge is -2.26. The van der Waals surface area contributed by atoms with Crippen LogP contribution in [0.1, 0.15) is 25.5 Å². The van der Waals surface area contributed by atoms with Crippen LogP contribution in [0.15, 0.2) is 41.5 Å². The molecule has 2 N–H and O–H groups in total. The molecule has 0 spiro atoms. The molecule has 3 rings (SSSR count). The first-order chi connectivity index (χ1) is 10.1. The normalized spacial score (nSPS) is 18.6. The average Bonchev–Trinajstić information content (AvgIpc) is 2.72. The highest BCUT2D eigenvalue weighted by Crippen LogP contribution is 2.29. The van der Waals surface area contributed by atoms with E-state index in [1.807, 2.05) is 30.3 Å². The number of hydrogen-bond donors (Lipinski definition) is 1. The van der Waals surface area contributed by atoms with Crippen molar-refractivity contribution in [2.24, 2.45) is 16.6 Å². The Morgan fingerprint density at radius 2 is 2.14 bits per heavy atom. The summed E-state index contributed by atoms with van der Waals surface area (Å²) in [6.07, 6.45) is 1.77. The molecule has 1 aliphatic rings. The minimum Gasteiger partial charge on any atom is -0.385 e. The van der Waals surface area contributed by atoms with Gasteiger partial charge in [0.05, 0.1) is 5.52 Å². The van der Waals surface area contributed by atoms with E-state index in [4.69, 9.17) is 5.73 Å². The summed E-state index contributed by atoms with van der Waals surface area (Å²) < 4.78 is 0. The van der Waals surface area contributed by atoms with Crippen LogP contribution in [-0.4, -0.2) is 28.3 Å². The van der Waals surface area contributed by atoms with Gasteiger partial charge in [-0.2, -0.15) is 4.99 Å². The molecular formula is C16H18N4O. The van der Waals surface area contributed by atoms with Crippen molar-refractivity contribution in [3.05, 3.63) is 42.1 Å². The first kappa shape index (κ1) is 13.5. The van der Waals surface area contributed by atoms with Crippen LogP contribution in [-0.2, 0) is 0 Å². The summed E-state index contributed by atoms with van der Waals surface area (Å²) in [4.78, 5) is 22.0. The highest BCUT2D eigenvalue weighted by Gasteiger charge is 2.34. The summed E-state index contributed by atoms with van der Waals surface area (Å²) >= 11 is 0. The third-order valence-corrected chi connectivity index (χ3v) is 3.57. The molecule has 1 aliphatic heterocycles. The minimum absolute atomic E-state index is 0.252. The molecule has 5 heteroatoms. The molecule has 1 unspecified atom stereocenters. The van der Waals surface area contributed by atoms with Gasteiger partial charge in [-0.05, 0) is 29.7 Å². The molecule has 0 saturated carbocycles. The number of benzene rings is 1. The van der Waals surface area contributed by atoms with Gasteiger partial charge in [0.25, 0.3) is 0 Å². The van der Waals surface area contributed by atoms with Gasteiger partial charge in [-0.25, -0.2) is 4.79 Å². The van der Waals surface area contributed by atoms with Crippen molar-refractivity contribution in [2.45, 2.75) is 19.9 Å². The Bertz CT molecular complexity index is 723. The van der Waals surface area contributed by atoms with Gasteiger partial charge in [0.1, 0.15) is 11.9 Å². The highest BCUT2D eigenvalue weighted by atomic mass is 16.2. The zero-order valence-electron chi connectivity index (χ0n) is 12.2. The zero-order valence-corrected chi connectivity index (χ0v) is 12.2. The van der Waals surface area contributed by atoms with Crippen molar-refractivity contribution < 1.29 is 4.79 Å². The average molecular weight is 282 g/mol. The molecule has 0 bridgehead atoms. The topological polar surface area (TPSA) is 71.6 Å². The lowest BCUT2D eigenvalue weighted by atomic mass is 10.0. The fourth-order valence-electron chi connectivity index (χ4n) is 2.70. The van der Waals surface area contributed by atoms with E-state index in [1.165, 1.54) is 0 Å². The fourth-order valence-corrected chi connectivity index (χ4v) is 2.70. The van der Waals surface area contributed by atoms with Crippen LogP contribution in [0.3, 0.4) is 0 Å². The maximum Gasteiger partial charge on any atom is 0.346 e. The molecule has 5 nitrogen and oxygen atoms in total. The van der Waals surface area contributed by atoms with Crippen molar-refractivity contribution in [3.63, 3.8) is 0 Å². The number of amides is 2. The van der Waals surface area contributed by atoms with Crippen molar-refractivity contribution in [3.8, 4) is 0 Å². The summed E-state index contributed by atoms with van der Waals surface area (Å²) in [5.74, 6) is 0.726. The number of rotatable bonds is 3. The number of pyridine rings is 1. The largest absolute Gasteiger partial charge is 0.385 e. The fraction of sp³-hybridized carbons (Fsp3) is 0.312. The predicted octanol–water partition coefficient (Wildman–Crippen LogP) is 2.72. The van der Waals surface area contributed by atoms with E-state index in [-0.39, 0.29) is 12.1 Å². The van der Waals surface area contributed by atoms with Gasteiger partial charge < -0.3 is 10.6 Å². The maximum atomic E-state index is 12.0. The van der Waals surface area contributed by atoms with Gasteiger partial charge in [0.15, 0.2) is 0 Å². The molecule has 1 aromatic heterocycles. The third kappa shape index (κ3) is 2.46. The Labute approximate surface area is 123 Å². The SMILES string of the molecule is CC(C)CN1C(=O)N=C(N)C1c1ccc2ncccc2c1. The van der Waals surface area contributed by atoms with Gasteiger partial charge >= 0.3 is 6.03 Å². The molecule has 0 radical (unpaired) electrons. The molecule has 1 aromatic carbocycles. The van der Waals surface area contributed by atoms with E-state index in [2.05, 4.69) is 23.8 Å². The highest BCUT2D eigenvalue weighted by molar-refractivity contribution is 6.03. The summed E-state index contributed by atoms with van der Waals surface area (Å²) in [5.41, 5.74) is 7.89. The van der Waals surface area contributed by atoms with E-state index in [0.29, 0.717) is 18.3 Å². The number of nitrogens with two attached hydrogens (primary N) is 1. The Kier molecular flexibility index (Phi) is 3.33. The van der Waals surface area contributed by atoms with E-state index in [9.17, 15) is 4.79 Å². The molecule has 0 fully saturated rings. The van der Waals surface area contributed by atoms with E-state index >= 15 is 0 Å². The number of urea groups is 1. The summed E-state index contributed by atoms with van der Waals surface area (Å²) in [5, 5.41) is 1.03. The second-order valence-electron chi connectivity index (χ2n) is 5.72. The zero-order chi connectivity index (χ0) is 15.0. The lowest BCUT2D eigenvalue weighted by molar-refractivity contribution is 0.199. The van der Waals surface area contributed by atoms with Gasteiger partial charge in [-0.3, -0.25) is 4.98 Å². The second kappa shape index (κ2) is 5.16. The van der Waals surface area contributed by atoms with Crippen molar-refractivity contribution in [1.29, 1.82) is 0 Å². The van der Waals surface area contributed by atoms with Crippen LogP contribution >= 0.6 is 0 Å². The predicted molar refractivity (Wildman–Crippen MR) is 83.0 cm³/mol. The number of hydrogen-bond acceptors (Lipinski definition) is 3. The van der Waals surface area contributed by atoms with Crippen molar-refractivity contribution in [1.82, 2.24) is 9.88 Å². The Balaban J connectivity index is 2.02. The van der Waals surface area contributed by atoms with E-state index < -0.39 is 0 Å². The molecular weight excluding hydrogens is 264 g/mol. The molecule has 108 valence electrons. The van der Waals surface area contributed by atoms with Crippen LogP contribution in [0.4, 0.5) is 4.79 Å². The van der Waals surface area contributed by atoms with Gasteiger partial charge in [-0.1, -0.05) is 26.0 Å². The number of amidine groups is 1. The van der Waals surface area contributed by atoms with Gasteiger partial charge in [0, 0.05) is 18.1 Å². The molecule has 0 aliphatic carbocycles. The number of aliphatic imine (C=N–C) groups is 1. The van der Waals surface area contributed by atoms with Gasteiger partial charge in [0.2, 0.25) is 0 Å². The van der Waals surface area contributed by atoms with Crippen LogP contribution in [0.25, 0.3) is 10.9 Å². The standard InChI is InChI=1S/C16H18N4O/c1-10(2)9-20-14(15(17)19-16(20)21)12-5-6-13-11(8-12)4-3-7-18-13/h3-8,10,14H,9H2,1-2H3,(H2,17,19,21). The molecule has 2 amide bonds. The third-order valence-electron chi connectivity index (χ3n) is 3.57.